The van der Waals surface area contributed by atoms with Gasteiger partial charge >= 0.3 is 6.09 Å². The highest BCUT2D eigenvalue weighted by molar-refractivity contribution is 5.68. The van der Waals surface area contributed by atoms with Crippen LogP contribution in [0.3, 0.4) is 0 Å². The fourth-order valence-corrected chi connectivity index (χ4v) is 3.99. The summed E-state index contributed by atoms with van der Waals surface area (Å²) < 4.78 is 17.4. The van der Waals surface area contributed by atoms with Crippen LogP contribution in [-0.2, 0) is 34.0 Å². The minimum absolute atomic E-state index is 0.0848. The van der Waals surface area contributed by atoms with Crippen LogP contribution in [0.2, 0.25) is 0 Å². The van der Waals surface area contributed by atoms with E-state index in [1.807, 2.05) is 91.0 Å². The molecule has 0 saturated heterocycles. The van der Waals surface area contributed by atoms with E-state index in [0.29, 0.717) is 0 Å². The number of aliphatic hydroxyl groups excluding tert-OH is 2. The minimum Gasteiger partial charge on any atom is -0.445 e. The fraction of sp³-hybridized carbons (Fsp3) is 0.296. The molecule has 0 aromatic heterocycles. The first-order chi connectivity index (χ1) is 16.6. The van der Waals surface area contributed by atoms with Crippen molar-refractivity contribution >= 4 is 6.09 Å². The third kappa shape index (κ3) is 6.21. The molecule has 0 spiro atoms. The Morgan fingerprint density at radius 2 is 1.09 bits per heavy atom. The quantitative estimate of drug-likeness (QED) is 0.451. The van der Waals surface area contributed by atoms with Crippen molar-refractivity contribution in [2.75, 3.05) is 0 Å². The molecule has 0 unspecified atom stereocenters. The second-order valence-corrected chi connectivity index (χ2v) is 8.24. The minimum atomic E-state index is -1.29. The van der Waals surface area contributed by atoms with Gasteiger partial charge in [-0.05, 0) is 16.7 Å². The second kappa shape index (κ2) is 11.8. The van der Waals surface area contributed by atoms with Crippen LogP contribution in [0.1, 0.15) is 16.7 Å². The molecule has 4 rings (SSSR count). The molecule has 0 heterocycles. The van der Waals surface area contributed by atoms with E-state index in [9.17, 15) is 15.0 Å². The predicted octanol–water partition coefficient (Wildman–Crippen LogP) is 3.19. The summed E-state index contributed by atoms with van der Waals surface area (Å²) in [4.78, 5) is 12.5. The topological polar surface area (TPSA) is 97.3 Å². The molecule has 3 aromatic carbocycles. The van der Waals surface area contributed by atoms with Gasteiger partial charge in [-0.2, -0.15) is 0 Å². The Hall–Kier alpha value is -3.23. The molecule has 178 valence electrons. The summed E-state index contributed by atoms with van der Waals surface area (Å²) in [5.74, 6) is 0. The van der Waals surface area contributed by atoms with Gasteiger partial charge in [0.1, 0.15) is 31.0 Å². The number of hydrogen-bond acceptors (Lipinski definition) is 6. The number of aliphatic hydroxyl groups is 2. The Morgan fingerprint density at radius 1 is 0.647 bits per heavy atom. The smallest absolute Gasteiger partial charge is 0.407 e. The molecule has 0 radical (unpaired) electrons. The lowest BCUT2D eigenvalue weighted by atomic mass is 10.1. The van der Waals surface area contributed by atoms with Crippen LogP contribution in [0.4, 0.5) is 4.79 Å². The van der Waals surface area contributed by atoms with Crippen molar-refractivity contribution in [2.45, 2.75) is 50.3 Å². The molecular weight excluding hydrogens is 434 g/mol. The molecular formula is C27H29NO6. The summed E-state index contributed by atoms with van der Waals surface area (Å²) in [6.07, 6.45) is -4.89. The number of hydrogen-bond donors (Lipinski definition) is 3. The van der Waals surface area contributed by atoms with Crippen LogP contribution in [-0.4, -0.2) is 46.8 Å². The Bertz CT molecular complexity index is 1020. The van der Waals surface area contributed by atoms with Gasteiger partial charge < -0.3 is 29.7 Å². The Kier molecular flexibility index (Phi) is 8.27. The number of amides is 1. The molecule has 3 N–H and O–H groups in total. The summed E-state index contributed by atoms with van der Waals surface area (Å²) in [7, 11) is 0. The Labute approximate surface area is 198 Å². The van der Waals surface area contributed by atoms with E-state index in [1.165, 1.54) is 0 Å². The van der Waals surface area contributed by atoms with E-state index < -0.39 is 36.6 Å². The summed E-state index contributed by atoms with van der Waals surface area (Å²) >= 11 is 0. The van der Waals surface area contributed by atoms with Crippen molar-refractivity contribution in [3.63, 3.8) is 0 Å². The van der Waals surface area contributed by atoms with E-state index >= 15 is 0 Å². The van der Waals surface area contributed by atoms with E-state index in [1.54, 1.807) is 0 Å². The maximum absolute atomic E-state index is 12.5. The molecule has 1 saturated carbocycles. The molecule has 1 aliphatic carbocycles. The number of carbonyl (C=O) groups is 1. The van der Waals surface area contributed by atoms with Gasteiger partial charge in [0.25, 0.3) is 0 Å². The molecule has 0 aliphatic heterocycles. The zero-order valence-corrected chi connectivity index (χ0v) is 18.7. The SMILES string of the molecule is O=C(N[C@@H]1[C@@H](O)[C@@H](O)[C@@H](OCc2ccccc2)[C@@H]1OCc1ccccc1)OCc1ccccc1. The Morgan fingerprint density at radius 3 is 1.59 bits per heavy atom. The molecule has 1 amide bonds. The van der Waals surface area contributed by atoms with Gasteiger partial charge in [-0.3, -0.25) is 0 Å². The zero-order valence-electron chi connectivity index (χ0n) is 18.7. The van der Waals surface area contributed by atoms with Crippen LogP contribution in [0.5, 0.6) is 0 Å². The molecule has 1 fully saturated rings. The Balaban J connectivity index is 1.44. The maximum Gasteiger partial charge on any atom is 0.407 e. The molecule has 34 heavy (non-hydrogen) atoms. The van der Waals surface area contributed by atoms with Gasteiger partial charge in [0.05, 0.1) is 19.3 Å². The molecule has 7 nitrogen and oxygen atoms in total. The summed E-state index contributed by atoms with van der Waals surface area (Å²) in [5, 5.41) is 24.2. The van der Waals surface area contributed by atoms with Gasteiger partial charge in [-0.1, -0.05) is 91.0 Å². The normalized spacial score (nSPS) is 24.0. The van der Waals surface area contributed by atoms with E-state index in [-0.39, 0.29) is 19.8 Å². The van der Waals surface area contributed by atoms with Crippen LogP contribution in [0, 0.1) is 0 Å². The average Bonchev–Trinajstić information content (AvgIpc) is 3.10. The predicted molar refractivity (Wildman–Crippen MR) is 126 cm³/mol. The molecule has 3 aromatic rings. The first-order valence-corrected chi connectivity index (χ1v) is 11.3. The van der Waals surface area contributed by atoms with Crippen molar-refractivity contribution < 1.29 is 29.2 Å². The second-order valence-electron chi connectivity index (χ2n) is 8.24. The third-order valence-electron chi connectivity index (χ3n) is 5.80. The van der Waals surface area contributed by atoms with Gasteiger partial charge in [0, 0.05) is 0 Å². The van der Waals surface area contributed by atoms with Crippen LogP contribution in [0.25, 0.3) is 0 Å². The van der Waals surface area contributed by atoms with Crippen LogP contribution >= 0.6 is 0 Å². The number of benzene rings is 3. The summed E-state index contributed by atoms with van der Waals surface area (Å²) in [6, 6.07) is 27.4. The molecule has 0 bridgehead atoms. The lowest BCUT2D eigenvalue weighted by Crippen LogP contribution is -2.49. The van der Waals surface area contributed by atoms with Gasteiger partial charge in [0.2, 0.25) is 0 Å². The largest absolute Gasteiger partial charge is 0.445 e. The van der Waals surface area contributed by atoms with Gasteiger partial charge in [-0.25, -0.2) is 4.79 Å². The number of alkyl carbamates (subject to hydrolysis) is 1. The number of nitrogens with one attached hydrogen (secondary N) is 1. The highest BCUT2D eigenvalue weighted by Crippen LogP contribution is 2.29. The van der Waals surface area contributed by atoms with Crippen molar-refractivity contribution in [3.05, 3.63) is 108 Å². The first kappa shape index (κ1) is 23.9. The van der Waals surface area contributed by atoms with Crippen molar-refractivity contribution in [1.82, 2.24) is 5.32 Å². The van der Waals surface area contributed by atoms with Crippen molar-refractivity contribution in [2.24, 2.45) is 0 Å². The van der Waals surface area contributed by atoms with E-state index in [2.05, 4.69) is 5.32 Å². The standard InChI is InChI=1S/C27H29NO6/c29-23-22(28-27(31)34-18-21-14-8-3-9-15-21)25(32-16-19-10-4-1-5-11-19)26(24(23)30)33-17-20-12-6-2-7-13-20/h1-15,22-26,29-30H,16-18H2,(H,28,31)/t22-,23-,24-,25-,26-/m1/s1. The summed E-state index contributed by atoms with van der Waals surface area (Å²) in [6.45, 7) is 0.542. The summed E-state index contributed by atoms with van der Waals surface area (Å²) in [5.41, 5.74) is 2.68. The van der Waals surface area contributed by atoms with Crippen molar-refractivity contribution in [1.29, 1.82) is 0 Å². The fourth-order valence-electron chi connectivity index (χ4n) is 3.99. The van der Waals surface area contributed by atoms with E-state index in [0.717, 1.165) is 16.7 Å². The molecule has 1 aliphatic rings. The zero-order chi connectivity index (χ0) is 23.8. The number of rotatable bonds is 9. The van der Waals surface area contributed by atoms with Crippen molar-refractivity contribution in [3.8, 4) is 0 Å². The van der Waals surface area contributed by atoms with Gasteiger partial charge in [0.15, 0.2) is 0 Å². The maximum atomic E-state index is 12.5. The molecule has 7 heteroatoms. The molecule has 5 atom stereocenters. The first-order valence-electron chi connectivity index (χ1n) is 11.3. The lowest BCUT2D eigenvalue weighted by molar-refractivity contribution is -0.110. The highest BCUT2D eigenvalue weighted by Gasteiger charge is 2.52. The third-order valence-corrected chi connectivity index (χ3v) is 5.80. The highest BCUT2D eigenvalue weighted by atomic mass is 16.6. The van der Waals surface area contributed by atoms with Gasteiger partial charge in [-0.15, -0.1) is 0 Å². The van der Waals surface area contributed by atoms with E-state index in [4.69, 9.17) is 14.2 Å². The van der Waals surface area contributed by atoms with Crippen LogP contribution < -0.4 is 5.32 Å². The van der Waals surface area contributed by atoms with Crippen LogP contribution in [0.15, 0.2) is 91.0 Å². The average molecular weight is 464 g/mol. The number of ether oxygens (including phenoxy) is 3. The lowest BCUT2D eigenvalue weighted by Gasteiger charge is -2.26. The monoisotopic (exact) mass is 463 g/mol. The number of carbonyl (C=O) groups excluding carboxylic acids is 1.